The van der Waals surface area contributed by atoms with Crippen molar-refractivity contribution in [3.8, 4) is 0 Å². The number of rotatable bonds is 3. The van der Waals surface area contributed by atoms with Crippen LogP contribution in [0.15, 0.2) is 30.3 Å². The molecule has 1 aromatic carbocycles. The number of amides is 1. The van der Waals surface area contributed by atoms with E-state index in [1.165, 1.54) is 7.11 Å². The summed E-state index contributed by atoms with van der Waals surface area (Å²) >= 11 is 0. The molecule has 1 fully saturated rings. The van der Waals surface area contributed by atoms with Gasteiger partial charge in [0, 0.05) is 5.92 Å². The van der Waals surface area contributed by atoms with Crippen LogP contribution in [-0.4, -0.2) is 30.3 Å². The van der Waals surface area contributed by atoms with Crippen molar-refractivity contribution in [1.82, 2.24) is 5.32 Å². The summed E-state index contributed by atoms with van der Waals surface area (Å²) < 4.78 is 10.1. The Bertz CT molecular complexity index is 535. The van der Waals surface area contributed by atoms with Crippen molar-refractivity contribution >= 4 is 12.1 Å². The second-order valence-corrected chi connectivity index (χ2v) is 6.26. The zero-order valence-corrected chi connectivity index (χ0v) is 12.8. The maximum atomic E-state index is 12.1. The number of hydrogen-bond donors (Lipinski definition) is 1. The van der Waals surface area contributed by atoms with Gasteiger partial charge in [0.15, 0.2) is 0 Å². The number of methoxy groups -OCH3 is 1. The first-order valence-corrected chi connectivity index (χ1v) is 6.93. The highest BCUT2D eigenvalue weighted by atomic mass is 16.6. The van der Waals surface area contributed by atoms with Crippen LogP contribution in [0.4, 0.5) is 4.79 Å². The molecule has 5 heteroatoms. The van der Waals surface area contributed by atoms with Crippen molar-refractivity contribution in [2.75, 3.05) is 7.11 Å². The van der Waals surface area contributed by atoms with Crippen molar-refractivity contribution in [3.05, 3.63) is 35.9 Å². The lowest BCUT2D eigenvalue weighted by Gasteiger charge is -2.23. The second kappa shape index (κ2) is 5.39. The first-order chi connectivity index (χ1) is 9.78. The van der Waals surface area contributed by atoms with E-state index in [9.17, 15) is 9.59 Å². The Morgan fingerprint density at radius 3 is 2.38 bits per heavy atom. The van der Waals surface area contributed by atoms with Crippen LogP contribution in [0.3, 0.4) is 0 Å². The molecule has 0 aliphatic heterocycles. The largest absolute Gasteiger partial charge is 0.467 e. The fourth-order valence-electron chi connectivity index (χ4n) is 2.43. The minimum atomic E-state index is -1.02. The Labute approximate surface area is 124 Å². The molecule has 5 nitrogen and oxygen atoms in total. The van der Waals surface area contributed by atoms with E-state index in [1.54, 1.807) is 20.8 Å². The van der Waals surface area contributed by atoms with Gasteiger partial charge in [0.1, 0.15) is 11.1 Å². The maximum Gasteiger partial charge on any atom is 0.408 e. The van der Waals surface area contributed by atoms with Gasteiger partial charge in [0.2, 0.25) is 0 Å². The monoisotopic (exact) mass is 291 g/mol. The highest BCUT2D eigenvalue weighted by Gasteiger charge is 2.63. The van der Waals surface area contributed by atoms with Crippen molar-refractivity contribution in [3.63, 3.8) is 0 Å². The lowest BCUT2D eigenvalue weighted by molar-refractivity contribution is -0.144. The Morgan fingerprint density at radius 1 is 1.24 bits per heavy atom. The van der Waals surface area contributed by atoms with Crippen LogP contribution in [-0.2, 0) is 14.3 Å². The first-order valence-electron chi connectivity index (χ1n) is 6.93. The molecule has 0 radical (unpaired) electrons. The van der Waals surface area contributed by atoms with Crippen LogP contribution in [0.1, 0.15) is 38.7 Å². The van der Waals surface area contributed by atoms with Gasteiger partial charge in [-0.2, -0.15) is 0 Å². The smallest absolute Gasteiger partial charge is 0.408 e. The van der Waals surface area contributed by atoms with Crippen LogP contribution in [0.25, 0.3) is 0 Å². The summed E-state index contributed by atoms with van der Waals surface area (Å²) in [6.07, 6.45) is -0.0885. The summed E-state index contributed by atoms with van der Waals surface area (Å²) in [4.78, 5) is 24.1. The third-order valence-corrected chi connectivity index (χ3v) is 3.44. The molecule has 21 heavy (non-hydrogen) atoms. The molecule has 0 unspecified atom stereocenters. The normalized spacial score (nSPS) is 24.1. The molecule has 2 rings (SSSR count). The molecule has 1 amide bonds. The third kappa shape index (κ3) is 3.35. The number of carbonyl (C=O) groups is 2. The van der Waals surface area contributed by atoms with E-state index < -0.39 is 23.2 Å². The van der Waals surface area contributed by atoms with Gasteiger partial charge in [-0.15, -0.1) is 0 Å². The molecule has 0 aromatic heterocycles. The van der Waals surface area contributed by atoms with E-state index in [0.29, 0.717) is 6.42 Å². The van der Waals surface area contributed by atoms with Gasteiger partial charge in [-0.1, -0.05) is 30.3 Å². The molecule has 1 saturated carbocycles. The molecule has 1 aromatic rings. The average molecular weight is 291 g/mol. The Balaban J connectivity index is 2.15. The molecule has 2 atom stereocenters. The summed E-state index contributed by atoms with van der Waals surface area (Å²) in [5.74, 6) is -0.527. The maximum absolute atomic E-state index is 12.1. The van der Waals surface area contributed by atoms with Gasteiger partial charge in [-0.25, -0.2) is 9.59 Å². The van der Waals surface area contributed by atoms with Crippen LogP contribution in [0.5, 0.6) is 0 Å². The molecule has 114 valence electrons. The third-order valence-electron chi connectivity index (χ3n) is 3.44. The summed E-state index contributed by atoms with van der Waals surface area (Å²) in [5, 5.41) is 2.69. The number of esters is 1. The van der Waals surface area contributed by atoms with E-state index in [4.69, 9.17) is 9.47 Å². The molecule has 0 bridgehead atoms. The van der Waals surface area contributed by atoms with Gasteiger partial charge in [0.05, 0.1) is 7.11 Å². The topological polar surface area (TPSA) is 64.6 Å². The van der Waals surface area contributed by atoms with Gasteiger partial charge < -0.3 is 14.8 Å². The van der Waals surface area contributed by atoms with E-state index >= 15 is 0 Å². The standard InChI is InChI=1S/C16H21NO4/c1-15(2,3)21-14(19)17-16(13(18)20-4)10-12(16)11-8-6-5-7-9-11/h5-9,12H,10H2,1-4H3,(H,17,19)/t12-,16-/m1/s1. The summed E-state index contributed by atoms with van der Waals surface area (Å²) in [6, 6.07) is 9.59. The number of benzene rings is 1. The van der Waals surface area contributed by atoms with Crippen LogP contribution < -0.4 is 5.32 Å². The minimum absolute atomic E-state index is 0.0846. The van der Waals surface area contributed by atoms with Gasteiger partial charge in [-0.05, 0) is 32.8 Å². The van der Waals surface area contributed by atoms with Crippen molar-refractivity contribution in [2.24, 2.45) is 0 Å². The molecule has 1 N–H and O–H groups in total. The first kappa shape index (κ1) is 15.4. The zero-order chi connectivity index (χ0) is 15.7. The van der Waals surface area contributed by atoms with E-state index in [1.807, 2.05) is 30.3 Å². The molecular formula is C16H21NO4. The Kier molecular flexibility index (Phi) is 3.94. The predicted molar refractivity (Wildman–Crippen MR) is 77.9 cm³/mol. The number of alkyl carbamates (subject to hydrolysis) is 1. The van der Waals surface area contributed by atoms with E-state index in [0.717, 1.165) is 5.56 Å². The van der Waals surface area contributed by atoms with Gasteiger partial charge in [-0.3, -0.25) is 0 Å². The highest BCUT2D eigenvalue weighted by molar-refractivity contribution is 5.91. The minimum Gasteiger partial charge on any atom is -0.467 e. The van der Waals surface area contributed by atoms with Gasteiger partial charge >= 0.3 is 12.1 Å². The fourth-order valence-corrected chi connectivity index (χ4v) is 2.43. The number of ether oxygens (including phenoxy) is 2. The van der Waals surface area contributed by atoms with Gasteiger partial charge in [0.25, 0.3) is 0 Å². The quantitative estimate of drug-likeness (QED) is 0.869. The molecule has 1 aliphatic carbocycles. The zero-order valence-electron chi connectivity index (χ0n) is 12.8. The lowest BCUT2D eigenvalue weighted by atomic mass is 10.1. The molecular weight excluding hydrogens is 270 g/mol. The Hall–Kier alpha value is -2.04. The second-order valence-electron chi connectivity index (χ2n) is 6.26. The number of nitrogens with one attached hydrogen (secondary N) is 1. The van der Waals surface area contributed by atoms with Crippen LogP contribution in [0, 0.1) is 0 Å². The molecule has 1 aliphatic rings. The number of carbonyl (C=O) groups excluding carboxylic acids is 2. The highest BCUT2D eigenvalue weighted by Crippen LogP contribution is 2.52. The molecule has 0 saturated heterocycles. The fraction of sp³-hybridized carbons (Fsp3) is 0.500. The van der Waals surface area contributed by atoms with Crippen LogP contribution >= 0.6 is 0 Å². The van der Waals surface area contributed by atoms with Crippen molar-refractivity contribution in [2.45, 2.75) is 44.2 Å². The summed E-state index contributed by atoms with van der Waals surface area (Å²) in [6.45, 7) is 5.33. The summed E-state index contributed by atoms with van der Waals surface area (Å²) in [7, 11) is 1.32. The Morgan fingerprint density at radius 2 is 1.86 bits per heavy atom. The SMILES string of the molecule is COC(=O)[C@@]1(NC(=O)OC(C)(C)C)C[C@@H]1c1ccccc1. The summed E-state index contributed by atoms with van der Waals surface area (Å²) in [5.41, 5.74) is -0.629. The number of hydrogen-bond acceptors (Lipinski definition) is 4. The van der Waals surface area contributed by atoms with E-state index in [2.05, 4.69) is 5.32 Å². The average Bonchev–Trinajstić information content (AvgIpc) is 3.12. The van der Waals surface area contributed by atoms with Crippen molar-refractivity contribution < 1.29 is 19.1 Å². The van der Waals surface area contributed by atoms with E-state index in [-0.39, 0.29) is 5.92 Å². The lowest BCUT2D eigenvalue weighted by Crippen LogP contribution is -2.47. The predicted octanol–water partition coefficient (Wildman–Crippen LogP) is 2.61. The van der Waals surface area contributed by atoms with Crippen LogP contribution in [0.2, 0.25) is 0 Å². The molecule has 0 heterocycles. The molecule has 0 spiro atoms. The van der Waals surface area contributed by atoms with Crippen molar-refractivity contribution in [1.29, 1.82) is 0 Å².